The topological polar surface area (TPSA) is 108 Å². The first-order valence-electron chi connectivity index (χ1n) is 6.53. The number of carbonyl (C=O) groups excluding carboxylic acids is 1. The van der Waals surface area contributed by atoms with Crippen LogP contribution in [-0.2, 0) is 9.53 Å². The summed E-state index contributed by atoms with van der Waals surface area (Å²) in [6, 6.07) is 0. The van der Waals surface area contributed by atoms with E-state index in [2.05, 4.69) is 5.16 Å². The molecule has 2 fully saturated rings. The molecule has 1 aliphatic heterocycles. The van der Waals surface area contributed by atoms with Crippen molar-refractivity contribution < 1.29 is 19.8 Å². The number of morpholine rings is 1. The van der Waals surface area contributed by atoms with Crippen molar-refractivity contribution in [2.24, 2.45) is 22.2 Å². The summed E-state index contributed by atoms with van der Waals surface area (Å²) in [6.07, 6.45) is 0.853. The first-order valence-corrected chi connectivity index (χ1v) is 6.53. The van der Waals surface area contributed by atoms with Gasteiger partial charge in [0.1, 0.15) is 5.41 Å². The highest BCUT2D eigenvalue weighted by Gasteiger charge is 2.54. The molecule has 0 radical (unpaired) electrons. The summed E-state index contributed by atoms with van der Waals surface area (Å²) in [5.41, 5.74) is 4.85. The molecule has 1 aliphatic carbocycles. The Balaban J connectivity index is 2.12. The Morgan fingerprint density at radius 2 is 2.26 bits per heavy atom. The second-order valence-electron chi connectivity index (χ2n) is 5.51. The van der Waals surface area contributed by atoms with Crippen LogP contribution in [0.15, 0.2) is 5.16 Å². The summed E-state index contributed by atoms with van der Waals surface area (Å²) in [5.74, 6) is 0.254. The maximum atomic E-state index is 12.6. The molecule has 2 aliphatic rings. The lowest BCUT2D eigenvalue weighted by molar-refractivity contribution is -0.153. The molecule has 1 saturated carbocycles. The normalized spacial score (nSPS) is 35.9. The van der Waals surface area contributed by atoms with Gasteiger partial charge < -0.3 is 25.7 Å². The number of rotatable bonds is 3. The van der Waals surface area contributed by atoms with Gasteiger partial charge in [-0.15, -0.1) is 0 Å². The Kier molecular flexibility index (Phi) is 3.96. The van der Waals surface area contributed by atoms with E-state index >= 15 is 0 Å². The van der Waals surface area contributed by atoms with Crippen molar-refractivity contribution in [2.75, 3.05) is 26.3 Å². The third-order valence-corrected chi connectivity index (χ3v) is 4.03. The fourth-order valence-electron chi connectivity index (χ4n) is 3.04. The number of nitrogens with two attached hydrogens (primary N) is 1. The zero-order valence-electron chi connectivity index (χ0n) is 11.1. The molecule has 0 spiro atoms. The number of hydrogen-bond acceptors (Lipinski definition) is 5. The second kappa shape index (κ2) is 5.34. The molecule has 19 heavy (non-hydrogen) atoms. The Morgan fingerprint density at radius 1 is 1.58 bits per heavy atom. The van der Waals surface area contributed by atoms with Crippen molar-refractivity contribution in [3.63, 3.8) is 0 Å². The van der Waals surface area contributed by atoms with Crippen LogP contribution in [0.4, 0.5) is 0 Å². The fraction of sp³-hybridized carbons (Fsp3) is 0.833. The highest BCUT2D eigenvalue weighted by Crippen LogP contribution is 2.47. The Labute approximate surface area is 112 Å². The predicted molar refractivity (Wildman–Crippen MR) is 67.6 cm³/mol. The zero-order chi connectivity index (χ0) is 14.0. The standard InChI is InChI=1S/C12H21N3O4/c1-8-4-12(5-8,10(13)14-18)11(17)15-2-3-19-9(6-15)7-16/h8-9,16,18H,2-7H2,1H3,(H2,13,14). The van der Waals surface area contributed by atoms with Crippen molar-refractivity contribution in [1.29, 1.82) is 0 Å². The first kappa shape index (κ1) is 14.1. The number of aliphatic hydroxyl groups is 1. The van der Waals surface area contributed by atoms with Crippen LogP contribution in [0.25, 0.3) is 0 Å². The van der Waals surface area contributed by atoms with Crippen molar-refractivity contribution in [1.82, 2.24) is 4.90 Å². The van der Waals surface area contributed by atoms with Crippen LogP contribution in [0.5, 0.6) is 0 Å². The van der Waals surface area contributed by atoms with Crippen molar-refractivity contribution in [2.45, 2.75) is 25.9 Å². The van der Waals surface area contributed by atoms with Gasteiger partial charge in [0, 0.05) is 13.1 Å². The summed E-state index contributed by atoms with van der Waals surface area (Å²) in [4.78, 5) is 14.3. The van der Waals surface area contributed by atoms with Crippen LogP contribution in [-0.4, -0.2) is 59.4 Å². The molecule has 7 heteroatoms. The lowest BCUT2D eigenvalue weighted by Gasteiger charge is -2.47. The number of oxime groups is 1. The van der Waals surface area contributed by atoms with Crippen molar-refractivity contribution in [3.8, 4) is 0 Å². The SMILES string of the molecule is CC1CC(C(=O)N2CCOC(CO)C2)(C(N)=NO)C1. The highest BCUT2D eigenvalue weighted by molar-refractivity contribution is 6.07. The maximum absolute atomic E-state index is 12.6. The van der Waals surface area contributed by atoms with Gasteiger partial charge in [-0.1, -0.05) is 12.1 Å². The monoisotopic (exact) mass is 271 g/mol. The lowest BCUT2D eigenvalue weighted by atomic mass is 9.61. The minimum atomic E-state index is -0.870. The molecular formula is C12H21N3O4. The minimum Gasteiger partial charge on any atom is -0.409 e. The minimum absolute atomic E-state index is 0.0114. The van der Waals surface area contributed by atoms with E-state index in [1.165, 1.54) is 0 Å². The molecule has 108 valence electrons. The van der Waals surface area contributed by atoms with E-state index in [1.807, 2.05) is 6.92 Å². The highest BCUT2D eigenvalue weighted by atomic mass is 16.5. The van der Waals surface area contributed by atoms with Crippen LogP contribution in [0, 0.1) is 11.3 Å². The van der Waals surface area contributed by atoms with E-state index in [1.54, 1.807) is 4.90 Å². The lowest BCUT2D eigenvalue weighted by Crippen LogP contribution is -2.60. The smallest absolute Gasteiger partial charge is 0.236 e. The maximum Gasteiger partial charge on any atom is 0.236 e. The van der Waals surface area contributed by atoms with E-state index < -0.39 is 5.41 Å². The van der Waals surface area contributed by atoms with E-state index in [0.717, 1.165) is 0 Å². The second-order valence-corrected chi connectivity index (χ2v) is 5.51. The van der Waals surface area contributed by atoms with Crippen LogP contribution in [0.3, 0.4) is 0 Å². The van der Waals surface area contributed by atoms with Crippen LogP contribution in [0.1, 0.15) is 19.8 Å². The summed E-state index contributed by atoms with van der Waals surface area (Å²) >= 11 is 0. The number of amides is 1. The largest absolute Gasteiger partial charge is 0.409 e. The van der Waals surface area contributed by atoms with Gasteiger partial charge >= 0.3 is 0 Å². The van der Waals surface area contributed by atoms with Gasteiger partial charge in [0.25, 0.3) is 0 Å². The molecule has 0 bridgehead atoms. The van der Waals surface area contributed by atoms with E-state index in [-0.39, 0.29) is 24.5 Å². The molecule has 4 N–H and O–H groups in total. The molecule has 1 atom stereocenters. The average Bonchev–Trinajstić information content (AvgIpc) is 2.42. The molecule has 1 unspecified atom stereocenters. The van der Waals surface area contributed by atoms with Crippen molar-refractivity contribution >= 4 is 11.7 Å². The number of ether oxygens (including phenoxy) is 1. The summed E-state index contributed by atoms with van der Waals surface area (Å²) in [6.45, 7) is 3.15. The Bertz CT molecular complexity index is 379. The molecule has 0 aromatic rings. The predicted octanol–water partition coefficient (Wildman–Crippen LogP) is -0.631. The first-order chi connectivity index (χ1) is 9.03. The van der Waals surface area contributed by atoms with E-state index in [4.69, 9.17) is 20.8 Å². The number of carbonyl (C=O) groups is 1. The van der Waals surface area contributed by atoms with Gasteiger partial charge in [-0.05, 0) is 18.8 Å². The fourth-order valence-corrected chi connectivity index (χ4v) is 3.04. The van der Waals surface area contributed by atoms with Crippen LogP contribution in [0.2, 0.25) is 0 Å². The summed E-state index contributed by atoms with van der Waals surface area (Å²) < 4.78 is 5.33. The average molecular weight is 271 g/mol. The number of nitrogens with zero attached hydrogens (tertiary/aromatic N) is 2. The summed E-state index contributed by atoms with van der Waals surface area (Å²) in [7, 11) is 0. The molecule has 7 nitrogen and oxygen atoms in total. The molecule has 1 saturated heterocycles. The quantitative estimate of drug-likeness (QED) is 0.274. The van der Waals surface area contributed by atoms with E-state index in [0.29, 0.717) is 38.5 Å². The van der Waals surface area contributed by atoms with Gasteiger partial charge in [-0.2, -0.15) is 0 Å². The van der Waals surface area contributed by atoms with Gasteiger partial charge in [0.15, 0.2) is 5.84 Å². The molecule has 0 aromatic heterocycles. The zero-order valence-corrected chi connectivity index (χ0v) is 11.1. The molecular weight excluding hydrogens is 250 g/mol. The number of hydrogen-bond donors (Lipinski definition) is 3. The van der Waals surface area contributed by atoms with Gasteiger partial charge in [0.2, 0.25) is 5.91 Å². The molecule has 1 heterocycles. The van der Waals surface area contributed by atoms with Crippen molar-refractivity contribution in [3.05, 3.63) is 0 Å². The Morgan fingerprint density at radius 3 is 2.79 bits per heavy atom. The summed E-state index contributed by atoms with van der Waals surface area (Å²) in [5, 5.41) is 21.0. The third-order valence-electron chi connectivity index (χ3n) is 4.03. The van der Waals surface area contributed by atoms with Gasteiger partial charge in [0.05, 0.1) is 19.3 Å². The van der Waals surface area contributed by atoms with Gasteiger partial charge in [-0.3, -0.25) is 4.79 Å². The molecule has 1 amide bonds. The third kappa shape index (κ3) is 2.40. The number of aliphatic hydroxyl groups excluding tert-OH is 1. The molecule has 0 aromatic carbocycles. The van der Waals surface area contributed by atoms with Gasteiger partial charge in [-0.25, -0.2) is 0 Å². The molecule has 2 rings (SSSR count). The Hall–Kier alpha value is -1.34. The number of amidine groups is 1. The van der Waals surface area contributed by atoms with E-state index in [9.17, 15) is 4.79 Å². The van der Waals surface area contributed by atoms with Crippen LogP contribution < -0.4 is 5.73 Å². The van der Waals surface area contributed by atoms with Crippen LogP contribution >= 0.6 is 0 Å².